The molecule has 0 bridgehead atoms. The van der Waals surface area contributed by atoms with E-state index in [0.717, 1.165) is 26.1 Å². The molecule has 1 aromatic rings. The Morgan fingerprint density at radius 3 is 2.78 bits per heavy atom. The third-order valence-corrected chi connectivity index (χ3v) is 4.23. The summed E-state index contributed by atoms with van der Waals surface area (Å²) < 4.78 is 22.9. The van der Waals surface area contributed by atoms with Crippen molar-refractivity contribution in [3.8, 4) is 0 Å². The van der Waals surface area contributed by atoms with E-state index in [-0.39, 0.29) is 4.90 Å². The van der Waals surface area contributed by atoms with Crippen LogP contribution in [0.2, 0.25) is 0 Å². The van der Waals surface area contributed by atoms with Gasteiger partial charge in [0.1, 0.15) is 4.90 Å². The molecular weight excluding hydrogens is 250 g/mol. The maximum atomic E-state index is 11.4. The molecule has 0 radical (unpaired) electrons. The first-order chi connectivity index (χ1) is 8.47. The number of benzene rings is 1. The second kappa shape index (κ2) is 5.26. The van der Waals surface area contributed by atoms with Gasteiger partial charge in [-0.1, -0.05) is 12.1 Å². The lowest BCUT2D eigenvalue weighted by atomic mass is 10.1. The molecule has 2 rings (SSSR count). The van der Waals surface area contributed by atoms with Crippen LogP contribution in [0.5, 0.6) is 0 Å². The zero-order valence-electron chi connectivity index (χ0n) is 10.5. The molecule has 0 aromatic heterocycles. The number of rotatable bonds is 4. The molecule has 0 spiro atoms. The fraction of sp³-hybridized carbons (Fsp3) is 0.500. The van der Waals surface area contributed by atoms with E-state index < -0.39 is 10.0 Å². The Morgan fingerprint density at radius 2 is 2.17 bits per heavy atom. The Hall–Kier alpha value is -1.11. The summed E-state index contributed by atoms with van der Waals surface area (Å²) in [5.74, 6) is 0.559. The first kappa shape index (κ1) is 13.3. The molecule has 3 N–H and O–H groups in total. The minimum atomic E-state index is -3.66. The van der Waals surface area contributed by atoms with Crippen LogP contribution in [0.3, 0.4) is 0 Å². The molecular formula is C12H19N3O2S. The maximum Gasteiger partial charge on any atom is 0.240 e. The van der Waals surface area contributed by atoms with Gasteiger partial charge in [-0.25, -0.2) is 13.6 Å². The van der Waals surface area contributed by atoms with Gasteiger partial charge in [-0.05, 0) is 38.1 Å². The van der Waals surface area contributed by atoms with E-state index in [2.05, 4.69) is 17.3 Å². The number of hydrogen-bond acceptors (Lipinski definition) is 4. The van der Waals surface area contributed by atoms with Crippen molar-refractivity contribution in [3.63, 3.8) is 0 Å². The van der Waals surface area contributed by atoms with Crippen molar-refractivity contribution >= 4 is 15.7 Å². The average Bonchev–Trinajstić information content (AvgIpc) is 2.72. The smallest absolute Gasteiger partial charge is 0.240 e. The number of hydrogen-bond donors (Lipinski definition) is 2. The molecule has 1 aliphatic heterocycles. The number of nitrogens with one attached hydrogen (secondary N) is 1. The molecule has 5 nitrogen and oxygen atoms in total. The molecule has 0 saturated carbocycles. The van der Waals surface area contributed by atoms with Gasteiger partial charge in [-0.2, -0.15) is 0 Å². The van der Waals surface area contributed by atoms with Crippen LogP contribution in [0.15, 0.2) is 29.2 Å². The number of anilines is 1. The Bertz CT molecular complexity index is 516. The lowest BCUT2D eigenvalue weighted by Gasteiger charge is -2.14. The number of primary sulfonamides is 1. The normalized spacial score (nSPS) is 21.1. The van der Waals surface area contributed by atoms with Crippen LogP contribution in [-0.2, 0) is 10.0 Å². The molecule has 100 valence electrons. The number of para-hydroxylation sites is 1. The summed E-state index contributed by atoms with van der Waals surface area (Å²) in [7, 11) is -1.57. The second-order valence-corrected chi connectivity index (χ2v) is 6.37. The predicted octanol–water partition coefficient (Wildman–Crippen LogP) is 0.698. The van der Waals surface area contributed by atoms with Crippen LogP contribution in [-0.4, -0.2) is 40.0 Å². The van der Waals surface area contributed by atoms with E-state index in [1.165, 1.54) is 6.07 Å². The molecule has 1 fully saturated rings. The number of sulfonamides is 1. The van der Waals surface area contributed by atoms with E-state index >= 15 is 0 Å². The zero-order chi connectivity index (χ0) is 13.2. The molecule has 1 unspecified atom stereocenters. The lowest BCUT2D eigenvalue weighted by Crippen LogP contribution is -2.21. The quantitative estimate of drug-likeness (QED) is 0.843. The van der Waals surface area contributed by atoms with Gasteiger partial charge in [0.25, 0.3) is 0 Å². The van der Waals surface area contributed by atoms with Crippen molar-refractivity contribution in [3.05, 3.63) is 24.3 Å². The van der Waals surface area contributed by atoms with Crippen molar-refractivity contribution in [2.75, 3.05) is 32.0 Å². The Morgan fingerprint density at radius 1 is 1.44 bits per heavy atom. The minimum Gasteiger partial charge on any atom is -0.384 e. The molecule has 1 atom stereocenters. The summed E-state index contributed by atoms with van der Waals surface area (Å²) in [5, 5.41) is 8.38. The third kappa shape index (κ3) is 3.22. The third-order valence-electron chi connectivity index (χ3n) is 3.26. The van der Waals surface area contributed by atoms with Gasteiger partial charge in [0.2, 0.25) is 10.0 Å². The fourth-order valence-corrected chi connectivity index (χ4v) is 3.02. The number of likely N-dealkylation sites (tertiary alicyclic amines) is 1. The summed E-state index contributed by atoms with van der Waals surface area (Å²) in [4.78, 5) is 2.44. The Kier molecular flexibility index (Phi) is 3.89. The highest BCUT2D eigenvalue weighted by Crippen LogP contribution is 2.21. The highest BCUT2D eigenvalue weighted by atomic mass is 32.2. The van der Waals surface area contributed by atoms with Gasteiger partial charge in [-0.3, -0.25) is 0 Å². The first-order valence-corrected chi connectivity index (χ1v) is 7.55. The summed E-state index contributed by atoms with van der Waals surface area (Å²) in [6, 6.07) is 6.75. The van der Waals surface area contributed by atoms with Gasteiger partial charge >= 0.3 is 0 Å². The molecule has 1 aliphatic rings. The molecule has 0 amide bonds. The fourth-order valence-electron chi connectivity index (χ4n) is 2.31. The lowest BCUT2D eigenvalue weighted by molar-refractivity contribution is 0.399. The average molecular weight is 269 g/mol. The summed E-state index contributed by atoms with van der Waals surface area (Å²) in [5.41, 5.74) is 0.592. The Balaban J connectivity index is 2.06. The van der Waals surface area contributed by atoms with Gasteiger partial charge in [0.05, 0.1) is 5.69 Å². The van der Waals surface area contributed by atoms with Crippen molar-refractivity contribution in [1.82, 2.24) is 4.90 Å². The molecule has 1 aromatic carbocycles. The highest BCUT2D eigenvalue weighted by Gasteiger charge is 2.20. The standard InChI is InChI=1S/C12H19N3O2S/c1-15-7-6-10(9-15)8-14-11-4-2-3-5-12(11)18(13,16)17/h2-5,10,14H,6-9H2,1H3,(H2,13,16,17). The molecule has 18 heavy (non-hydrogen) atoms. The second-order valence-electron chi connectivity index (χ2n) is 4.84. The number of nitrogens with zero attached hydrogens (tertiary/aromatic N) is 1. The highest BCUT2D eigenvalue weighted by molar-refractivity contribution is 7.89. The van der Waals surface area contributed by atoms with Crippen LogP contribution in [0.4, 0.5) is 5.69 Å². The van der Waals surface area contributed by atoms with E-state index in [4.69, 9.17) is 5.14 Å². The van der Waals surface area contributed by atoms with E-state index in [9.17, 15) is 8.42 Å². The van der Waals surface area contributed by atoms with Gasteiger partial charge < -0.3 is 10.2 Å². The van der Waals surface area contributed by atoms with Crippen LogP contribution < -0.4 is 10.5 Å². The zero-order valence-corrected chi connectivity index (χ0v) is 11.3. The van der Waals surface area contributed by atoms with Gasteiger partial charge in [0, 0.05) is 13.1 Å². The van der Waals surface area contributed by atoms with Crippen LogP contribution in [0.25, 0.3) is 0 Å². The molecule has 6 heteroatoms. The monoisotopic (exact) mass is 269 g/mol. The summed E-state index contributed by atoms with van der Waals surface area (Å²) >= 11 is 0. The van der Waals surface area contributed by atoms with Crippen LogP contribution in [0, 0.1) is 5.92 Å². The number of nitrogens with two attached hydrogens (primary N) is 1. The molecule has 1 heterocycles. The van der Waals surface area contributed by atoms with E-state index in [1.807, 2.05) is 0 Å². The van der Waals surface area contributed by atoms with Crippen molar-refractivity contribution < 1.29 is 8.42 Å². The summed E-state index contributed by atoms with van der Waals surface area (Å²) in [6.07, 6.45) is 1.14. The summed E-state index contributed by atoms with van der Waals surface area (Å²) in [6.45, 7) is 2.92. The SMILES string of the molecule is CN1CCC(CNc2ccccc2S(N)(=O)=O)C1. The van der Waals surface area contributed by atoms with E-state index in [1.54, 1.807) is 18.2 Å². The van der Waals surface area contributed by atoms with E-state index in [0.29, 0.717) is 11.6 Å². The topological polar surface area (TPSA) is 75.4 Å². The molecule has 1 saturated heterocycles. The predicted molar refractivity (Wildman–Crippen MR) is 71.9 cm³/mol. The van der Waals surface area contributed by atoms with Crippen molar-refractivity contribution in [1.29, 1.82) is 0 Å². The first-order valence-electron chi connectivity index (χ1n) is 6.01. The van der Waals surface area contributed by atoms with Gasteiger partial charge in [-0.15, -0.1) is 0 Å². The van der Waals surface area contributed by atoms with Crippen molar-refractivity contribution in [2.45, 2.75) is 11.3 Å². The van der Waals surface area contributed by atoms with Crippen LogP contribution >= 0.6 is 0 Å². The minimum absolute atomic E-state index is 0.163. The largest absolute Gasteiger partial charge is 0.384 e. The Labute approximate surface area is 108 Å². The maximum absolute atomic E-state index is 11.4. The van der Waals surface area contributed by atoms with Crippen LogP contribution in [0.1, 0.15) is 6.42 Å². The van der Waals surface area contributed by atoms with Gasteiger partial charge in [0.15, 0.2) is 0 Å². The molecule has 0 aliphatic carbocycles. The van der Waals surface area contributed by atoms with Crippen molar-refractivity contribution in [2.24, 2.45) is 11.1 Å².